The number of nitrogens with one attached hydrogen (secondary N) is 1. The zero-order valence-electron chi connectivity index (χ0n) is 15.0. The largest absolute Gasteiger partial charge is 0.352 e. The fourth-order valence-corrected chi connectivity index (χ4v) is 3.73. The van der Waals surface area contributed by atoms with Gasteiger partial charge in [-0.3, -0.25) is 4.98 Å². The Labute approximate surface area is 149 Å². The second-order valence-electron chi connectivity index (χ2n) is 7.65. The maximum atomic E-state index is 5.63. The number of pyridine rings is 1. The summed E-state index contributed by atoms with van der Waals surface area (Å²) in [4.78, 5) is 6.85. The Bertz CT molecular complexity index is 714. The van der Waals surface area contributed by atoms with E-state index in [-0.39, 0.29) is 17.6 Å². The van der Waals surface area contributed by atoms with E-state index in [1.165, 1.54) is 5.56 Å². The molecule has 0 aliphatic carbocycles. The highest BCUT2D eigenvalue weighted by Crippen LogP contribution is 2.40. The highest BCUT2D eigenvalue weighted by molar-refractivity contribution is 7.80. The molecule has 3 heterocycles. The van der Waals surface area contributed by atoms with Crippen molar-refractivity contribution in [3.05, 3.63) is 54.1 Å². The average Bonchev–Trinajstić information content (AvgIpc) is 3.11. The third-order valence-corrected chi connectivity index (χ3v) is 4.85. The van der Waals surface area contributed by atoms with E-state index < -0.39 is 0 Å². The van der Waals surface area contributed by atoms with Gasteiger partial charge >= 0.3 is 0 Å². The van der Waals surface area contributed by atoms with Crippen LogP contribution in [0.3, 0.4) is 0 Å². The van der Waals surface area contributed by atoms with Gasteiger partial charge in [-0.25, -0.2) is 0 Å². The van der Waals surface area contributed by atoms with Gasteiger partial charge in [0.05, 0.1) is 17.8 Å². The van der Waals surface area contributed by atoms with Crippen molar-refractivity contribution in [3.63, 3.8) is 0 Å². The molecule has 0 radical (unpaired) electrons. The van der Waals surface area contributed by atoms with Gasteiger partial charge < -0.3 is 14.8 Å². The van der Waals surface area contributed by atoms with Crippen molar-refractivity contribution in [1.29, 1.82) is 0 Å². The molecule has 0 aromatic carbocycles. The van der Waals surface area contributed by atoms with Gasteiger partial charge in [0.2, 0.25) is 0 Å². The van der Waals surface area contributed by atoms with Crippen LogP contribution in [-0.2, 0) is 5.54 Å². The van der Waals surface area contributed by atoms with Crippen LogP contribution in [0.1, 0.15) is 58.0 Å². The van der Waals surface area contributed by atoms with E-state index in [9.17, 15) is 0 Å². The van der Waals surface area contributed by atoms with Crippen molar-refractivity contribution >= 4 is 17.3 Å². The van der Waals surface area contributed by atoms with Crippen LogP contribution in [0.4, 0.5) is 0 Å². The first-order chi connectivity index (χ1) is 11.3. The minimum Gasteiger partial charge on any atom is -0.352 e. The lowest BCUT2D eigenvalue weighted by Crippen LogP contribution is -2.35. The van der Waals surface area contributed by atoms with Crippen LogP contribution in [0.5, 0.6) is 0 Å². The monoisotopic (exact) mass is 342 g/mol. The number of hydrogen-bond acceptors (Lipinski definition) is 2. The van der Waals surface area contributed by atoms with Gasteiger partial charge in [-0.2, -0.15) is 0 Å². The predicted molar refractivity (Wildman–Crippen MR) is 102 cm³/mol. The van der Waals surface area contributed by atoms with Crippen LogP contribution in [0.25, 0.3) is 0 Å². The molecule has 1 N–H and O–H groups in total. The molecule has 2 aromatic rings. The summed E-state index contributed by atoms with van der Waals surface area (Å²) >= 11 is 5.63. The molecule has 3 rings (SSSR count). The van der Waals surface area contributed by atoms with Gasteiger partial charge in [-0.1, -0.05) is 6.07 Å². The van der Waals surface area contributed by atoms with E-state index in [1.807, 2.05) is 18.3 Å². The average molecular weight is 343 g/mol. The predicted octanol–water partition coefficient (Wildman–Crippen LogP) is 4.02. The first-order valence-corrected chi connectivity index (χ1v) is 8.88. The molecule has 0 bridgehead atoms. The maximum absolute atomic E-state index is 5.63. The molecule has 0 unspecified atom stereocenters. The number of rotatable bonds is 3. The van der Waals surface area contributed by atoms with Gasteiger partial charge in [0.25, 0.3) is 0 Å². The summed E-state index contributed by atoms with van der Waals surface area (Å²) in [6, 6.07) is 8.79. The van der Waals surface area contributed by atoms with Crippen LogP contribution >= 0.6 is 12.2 Å². The summed E-state index contributed by atoms with van der Waals surface area (Å²) in [5.41, 5.74) is 2.35. The molecule has 1 aliphatic rings. The Morgan fingerprint density at radius 1 is 1.21 bits per heavy atom. The van der Waals surface area contributed by atoms with Gasteiger partial charge in [0.1, 0.15) is 0 Å². The summed E-state index contributed by atoms with van der Waals surface area (Å²) in [5.74, 6) is 0. The molecule has 2 atom stereocenters. The topological polar surface area (TPSA) is 33.1 Å². The SMILES string of the molecule is CC(C)N1C(=S)N[C@H](c2ccccn2)[C@@H]1c1ccn(C(C)(C)C)c1. The van der Waals surface area contributed by atoms with Crippen LogP contribution in [0.2, 0.25) is 0 Å². The van der Waals surface area contributed by atoms with E-state index in [0.29, 0.717) is 6.04 Å². The normalized spacial score (nSPS) is 21.4. The molecule has 0 amide bonds. The number of thiocarbonyl (C=S) groups is 1. The molecule has 0 saturated carbocycles. The molecule has 128 valence electrons. The smallest absolute Gasteiger partial charge is 0.170 e. The van der Waals surface area contributed by atoms with Crippen molar-refractivity contribution in [2.75, 3.05) is 0 Å². The molecule has 4 nitrogen and oxygen atoms in total. The summed E-state index contributed by atoms with van der Waals surface area (Å²) in [6.07, 6.45) is 6.24. The van der Waals surface area contributed by atoms with Crippen LogP contribution in [-0.4, -0.2) is 25.6 Å². The molecule has 1 saturated heterocycles. The highest BCUT2D eigenvalue weighted by Gasteiger charge is 2.41. The zero-order chi connectivity index (χ0) is 17.5. The molecule has 5 heteroatoms. The summed E-state index contributed by atoms with van der Waals surface area (Å²) in [7, 11) is 0. The minimum atomic E-state index is 0.0634. The Balaban J connectivity index is 2.04. The Morgan fingerprint density at radius 2 is 1.96 bits per heavy atom. The quantitative estimate of drug-likeness (QED) is 0.854. The number of hydrogen-bond donors (Lipinski definition) is 1. The summed E-state index contributed by atoms with van der Waals surface area (Å²) < 4.78 is 2.26. The maximum Gasteiger partial charge on any atom is 0.170 e. The van der Waals surface area contributed by atoms with Crippen molar-refractivity contribution < 1.29 is 0 Å². The lowest BCUT2D eigenvalue weighted by atomic mass is 9.98. The van der Waals surface area contributed by atoms with Gasteiger partial charge in [0, 0.05) is 30.2 Å². The van der Waals surface area contributed by atoms with E-state index in [1.54, 1.807) is 0 Å². The lowest BCUT2D eigenvalue weighted by molar-refractivity contribution is 0.269. The standard InChI is InChI=1S/C19H26N4S/c1-13(2)23-17(14-9-11-22(12-14)19(3,4)5)16(21-18(23)24)15-8-6-7-10-20-15/h6-13,16-17H,1-5H3,(H,21,24)/t16-,17+/m1/s1. The van der Waals surface area contributed by atoms with Crippen molar-refractivity contribution in [2.45, 2.75) is 58.3 Å². The molecular weight excluding hydrogens is 316 g/mol. The summed E-state index contributed by atoms with van der Waals surface area (Å²) in [5, 5.41) is 4.28. The van der Waals surface area contributed by atoms with Gasteiger partial charge in [-0.05, 0) is 70.6 Å². The summed E-state index contributed by atoms with van der Waals surface area (Å²) in [6.45, 7) is 11.0. The second kappa shape index (κ2) is 6.20. The van der Waals surface area contributed by atoms with Crippen LogP contribution in [0.15, 0.2) is 42.9 Å². The number of nitrogens with zero attached hydrogens (tertiary/aromatic N) is 3. The fraction of sp³-hybridized carbons (Fsp3) is 0.474. The highest BCUT2D eigenvalue weighted by atomic mass is 32.1. The minimum absolute atomic E-state index is 0.0634. The van der Waals surface area contributed by atoms with Crippen LogP contribution < -0.4 is 5.32 Å². The third-order valence-electron chi connectivity index (χ3n) is 4.52. The third kappa shape index (κ3) is 3.05. The fourth-order valence-electron chi connectivity index (χ4n) is 3.28. The van der Waals surface area contributed by atoms with Crippen molar-refractivity contribution in [2.24, 2.45) is 0 Å². The van der Waals surface area contributed by atoms with E-state index >= 15 is 0 Å². The van der Waals surface area contributed by atoms with Crippen molar-refractivity contribution in [3.8, 4) is 0 Å². The first kappa shape index (κ1) is 17.0. The molecular formula is C19H26N4S. The van der Waals surface area contributed by atoms with Gasteiger partial charge in [0.15, 0.2) is 5.11 Å². The lowest BCUT2D eigenvalue weighted by Gasteiger charge is -2.30. The zero-order valence-corrected chi connectivity index (χ0v) is 15.8. The molecule has 1 aliphatic heterocycles. The first-order valence-electron chi connectivity index (χ1n) is 8.47. The van der Waals surface area contributed by atoms with E-state index in [2.05, 4.69) is 78.9 Å². The molecule has 2 aromatic heterocycles. The Kier molecular flexibility index (Phi) is 4.38. The Morgan fingerprint density at radius 3 is 2.50 bits per heavy atom. The molecule has 24 heavy (non-hydrogen) atoms. The van der Waals surface area contributed by atoms with Crippen LogP contribution in [0, 0.1) is 0 Å². The molecule has 0 spiro atoms. The second-order valence-corrected chi connectivity index (χ2v) is 8.04. The van der Waals surface area contributed by atoms with E-state index in [0.717, 1.165) is 10.8 Å². The molecule has 1 fully saturated rings. The van der Waals surface area contributed by atoms with Gasteiger partial charge in [-0.15, -0.1) is 0 Å². The number of aromatic nitrogens is 2. The Hall–Kier alpha value is -1.88. The van der Waals surface area contributed by atoms with Crippen molar-refractivity contribution in [1.82, 2.24) is 19.8 Å². The van der Waals surface area contributed by atoms with E-state index in [4.69, 9.17) is 12.2 Å².